The molecule has 3 aliphatic heterocycles. The number of carbonyl (C=O) groups is 2. The summed E-state index contributed by atoms with van der Waals surface area (Å²) in [7, 11) is 0. The van der Waals surface area contributed by atoms with E-state index in [1.807, 2.05) is 6.92 Å². The molecule has 0 radical (unpaired) electrons. The molecule has 44 heavy (non-hydrogen) atoms. The van der Waals surface area contributed by atoms with Gasteiger partial charge in [-0.25, -0.2) is 0 Å². The number of H-pyrrole nitrogens is 1. The van der Waals surface area contributed by atoms with Crippen LogP contribution < -0.4 is 9.47 Å². The van der Waals surface area contributed by atoms with Crippen LogP contribution in [-0.4, -0.2) is 107 Å². The number of rotatable bonds is 3. The molecule has 228 valence electrons. The number of ether oxygens (including phenoxy) is 3. The van der Waals surface area contributed by atoms with Crippen LogP contribution in [0.25, 0.3) is 43.6 Å². The number of hydrogen-bond acceptors (Lipinski definition) is 11. The van der Waals surface area contributed by atoms with Crippen molar-refractivity contribution in [2.75, 3.05) is 19.9 Å². The van der Waals surface area contributed by atoms with E-state index in [-0.39, 0.29) is 33.9 Å². The van der Waals surface area contributed by atoms with Gasteiger partial charge in [0.2, 0.25) is 0 Å². The molecule has 1 saturated heterocycles. The number of aliphatic hydroxyl groups excluding tert-OH is 5. The number of fused-ring (bicyclic) bond motifs is 11. The maximum absolute atomic E-state index is 13.8. The van der Waals surface area contributed by atoms with Gasteiger partial charge in [-0.1, -0.05) is 0 Å². The minimum atomic E-state index is -1.71. The van der Waals surface area contributed by atoms with Crippen molar-refractivity contribution in [3.63, 3.8) is 0 Å². The number of hydrogen-bond donors (Lipinski definition) is 7. The van der Waals surface area contributed by atoms with Crippen LogP contribution in [0.4, 0.5) is 0 Å². The second-order valence-corrected chi connectivity index (χ2v) is 11.4. The van der Waals surface area contributed by atoms with E-state index < -0.39 is 55.8 Å². The fourth-order valence-electron chi connectivity index (χ4n) is 6.83. The molecule has 2 amide bonds. The maximum atomic E-state index is 13.8. The molecule has 14 nitrogen and oxygen atoms in total. The molecule has 7 N–H and O–H groups in total. The van der Waals surface area contributed by atoms with Gasteiger partial charge in [0.05, 0.1) is 39.8 Å². The summed E-state index contributed by atoms with van der Waals surface area (Å²) in [6.45, 7) is 0.613. The van der Waals surface area contributed by atoms with Gasteiger partial charge in [-0.15, -0.1) is 0 Å². The van der Waals surface area contributed by atoms with Gasteiger partial charge in [0, 0.05) is 27.6 Å². The largest absolute Gasteiger partial charge is 0.508 e. The minimum Gasteiger partial charge on any atom is -0.508 e. The number of carbonyl (C=O) groups excluding carboxylic acids is 2. The molecule has 2 unspecified atom stereocenters. The van der Waals surface area contributed by atoms with Gasteiger partial charge in [-0.2, -0.15) is 0 Å². The lowest BCUT2D eigenvalue weighted by Crippen LogP contribution is -2.56. The van der Waals surface area contributed by atoms with E-state index in [2.05, 4.69) is 4.98 Å². The molecule has 5 heterocycles. The van der Waals surface area contributed by atoms with E-state index in [1.165, 1.54) is 22.8 Å². The van der Waals surface area contributed by atoms with Crippen LogP contribution in [0.3, 0.4) is 0 Å². The fourth-order valence-corrected chi connectivity index (χ4v) is 6.83. The molecule has 0 saturated carbocycles. The van der Waals surface area contributed by atoms with Crippen molar-refractivity contribution in [1.82, 2.24) is 14.5 Å². The second kappa shape index (κ2) is 9.28. The van der Waals surface area contributed by atoms with E-state index in [9.17, 15) is 40.2 Å². The summed E-state index contributed by atoms with van der Waals surface area (Å²) in [5, 5.41) is 64.3. The van der Waals surface area contributed by atoms with Gasteiger partial charge in [0.15, 0.2) is 17.7 Å². The molecule has 8 rings (SSSR count). The molecule has 6 atom stereocenters. The highest BCUT2D eigenvalue weighted by molar-refractivity contribution is 6.39. The number of imide groups is 1. The third kappa shape index (κ3) is 3.40. The first-order valence-corrected chi connectivity index (χ1v) is 14.0. The minimum absolute atomic E-state index is 0.0269. The summed E-state index contributed by atoms with van der Waals surface area (Å²) < 4.78 is 19.4. The Morgan fingerprint density at radius 3 is 2.41 bits per heavy atom. The van der Waals surface area contributed by atoms with Crippen molar-refractivity contribution >= 4 is 55.4 Å². The van der Waals surface area contributed by atoms with Gasteiger partial charge in [0.1, 0.15) is 49.6 Å². The smallest absolute Gasteiger partial charge is 0.264 e. The first kappa shape index (κ1) is 27.1. The predicted molar refractivity (Wildman–Crippen MR) is 153 cm³/mol. The summed E-state index contributed by atoms with van der Waals surface area (Å²) in [5.41, 5.74) is 1.49. The van der Waals surface area contributed by atoms with Crippen molar-refractivity contribution in [3.8, 4) is 17.2 Å². The van der Waals surface area contributed by atoms with Crippen LogP contribution in [0.2, 0.25) is 0 Å². The quantitative estimate of drug-likeness (QED) is 0.143. The number of phenols is 1. The number of phenolic OH excluding ortho intramolecular Hbond substituents is 1. The van der Waals surface area contributed by atoms with E-state index in [0.29, 0.717) is 55.7 Å². The average Bonchev–Trinajstić information content (AvgIpc) is 3.61. The molecule has 1 fully saturated rings. The number of nitrogens with one attached hydrogen (secondary N) is 1. The Balaban J connectivity index is 1.57. The van der Waals surface area contributed by atoms with E-state index >= 15 is 0 Å². The standard InChI is InChI=1S/C30H27N3O11/c1-10-8-42-16-5-12-14(6-17(16)43-10)31-23-19(12)21-22(29(41)32(9-35)28(21)40)20-13-4-11(36)2-3-15(13)33(24(20)23)30-27(39)26(38)25(37)18(7-34)44-30/h2-6,10,18,25-27,30-31,34-39H,7-9H2,1H3/t10?,18-,25-,26+,27-,30?/m1/s1. The Bertz CT molecular complexity index is 2060. The van der Waals surface area contributed by atoms with Crippen molar-refractivity contribution in [2.45, 2.75) is 43.7 Å². The van der Waals surface area contributed by atoms with Gasteiger partial charge in [-0.05, 0) is 31.2 Å². The number of aromatic hydroxyl groups is 1. The highest BCUT2D eigenvalue weighted by atomic mass is 16.6. The number of amides is 2. The zero-order valence-corrected chi connectivity index (χ0v) is 23.1. The number of aromatic amines is 1. The Kier molecular flexibility index (Phi) is 5.72. The lowest BCUT2D eigenvalue weighted by atomic mass is 9.96. The molecule has 3 aromatic carbocycles. The molecular formula is C30H27N3O11. The molecule has 0 aliphatic carbocycles. The molecule has 3 aliphatic rings. The van der Waals surface area contributed by atoms with Crippen molar-refractivity contribution in [2.24, 2.45) is 0 Å². The van der Waals surface area contributed by atoms with Crippen LogP contribution in [0, 0.1) is 0 Å². The zero-order chi connectivity index (χ0) is 30.8. The number of benzene rings is 3. The number of nitrogens with zero attached hydrogens (tertiary/aromatic N) is 2. The second-order valence-electron chi connectivity index (χ2n) is 11.4. The van der Waals surface area contributed by atoms with Crippen LogP contribution in [0.5, 0.6) is 17.2 Å². The first-order chi connectivity index (χ1) is 21.1. The topological polar surface area (TPSA) is 207 Å². The highest BCUT2D eigenvalue weighted by Crippen LogP contribution is 2.49. The molecule has 2 aromatic heterocycles. The lowest BCUT2D eigenvalue weighted by Gasteiger charge is -2.41. The molecule has 0 spiro atoms. The van der Waals surface area contributed by atoms with Gasteiger partial charge in [0.25, 0.3) is 11.8 Å². The van der Waals surface area contributed by atoms with Crippen LogP contribution in [0.1, 0.15) is 33.9 Å². The predicted octanol–water partition coefficient (Wildman–Crippen LogP) is 0.813. The number of aromatic nitrogens is 2. The van der Waals surface area contributed by atoms with E-state index in [1.54, 1.807) is 12.1 Å². The third-order valence-electron chi connectivity index (χ3n) is 8.82. The lowest BCUT2D eigenvalue weighted by molar-refractivity contribution is -0.249. The SMILES string of the molecule is CC1COc2cc3c(cc2O1)[nH]c1c3c2c(c3c4cc(O)ccc4n(C4O[C@H](CO)[C@@H](O)[C@H](O)[C@H]4O)c13)C(=O)N(CO)C2=O. The molecule has 14 heteroatoms. The molecule has 0 bridgehead atoms. The van der Waals surface area contributed by atoms with E-state index in [0.717, 1.165) is 0 Å². The fraction of sp³-hybridized carbons (Fsp3) is 0.333. The number of aliphatic hydroxyl groups is 5. The van der Waals surface area contributed by atoms with E-state index in [4.69, 9.17) is 14.2 Å². The summed E-state index contributed by atoms with van der Waals surface area (Å²) in [5.74, 6) is -0.744. The van der Waals surface area contributed by atoms with Gasteiger partial charge < -0.3 is 54.4 Å². The van der Waals surface area contributed by atoms with Crippen LogP contribution in [0.15, 0.2) is 30.3 Å². The summed E-state index contributed by atoms with van der Waals surface area (Å²) in [6.07, 6.45) is -7.88. The third-order valence-corrected chi connectivity index (χ3v) is 8.82. The average molecular weight is 606 g/mol. The monoisotopic (exact) mass is 605 g/mol. The molecular weight excluding hydrogens is 578 g/mol. The molecule has 5 aromatic rings. The summed E-state index contributed by atoms with van der Waals surface area (Å²) >= 11 is 0. The Hall–Kier alpha value is -4.44. The zero-order valence-electron chi connectivity index (χ0n) is 23.1. The summed E-state index contributed by atoms with van der Waals surface area (Å²) in [6, 6.07) is 7.74. The van der Waals surface area contributed by atoms with Crippen molar-refractivity contribution < 1.29 is 54.4 Å². The van der Waals surface area contributed by atoms with Crippen LogP contribution >= 0.6 is 0 Å². The maximum Gasteiger partial charge on any atom is 0.264 e. The van der Waals surface area contributed by atoms with Gasteiger partial charge in [-0.3, -0.25) is 14.5 Å². The van der Waals surface area contributed by atoms with Gasteiger partial charge >= 0.3 is 0 Å². The van der Waals surface area contributed by atoms with Crippen molar-refractivity contribution in [3.05, 3.63) is 41.5 Å². The normalized spacial score (nSPS) is 26.9. The Labute approximate surface area is 246 Å². The Morgan fingerprint density at radius 1 is 0.932 bits per heavy atom. The summed E-state index contributed by atoms with van der Waals surface area (Å²) in [4.78, 5) is 31.6. The first-order valence-electron chi connectivity index (χ1n) is 14.0. The van der Waals surface area contributed by atoms with Crippen LogP contribution in [-0.2, 0) is 4.74 Å². The highest BCUT2D eigenvalue weighted by Gasteiger charge is 2.47. The Morgan fingerprint density at radius 2 is 1.68 bits per heavy atom. The van der Waals surface area contributed by atoms with Crippen molar-refractivity contribution in [1.29, 1.82) is 0 Å².